The summed E-state index contributed by atoms with van der Waals surface area (Å²) in [6, 6.07) is 0. The summed E-state index contributed by atoms with van der Waals surface area (Å²) < 4.78 is 5.43. The highest BCUT2D eigenvalue weighted by atomic mass is 32.2. The third-order valence-corrected chi connectivity index (χ3v) is 3.31. The molecule has 1 aliphatic rings. The molecule has 3 nitrogen and oxygen atoms in total. The van der Waals surface area contributed by atoms with E-state index in [1.165, 1.54) is 6.42 Å². The van der Waals surface area contributed by atoms with E-state index in [1.54, 1.807) is 0 Å². The Morgan fingerprint density at radius 2 is 2.43 bits per heavy atom. The third-order valence-electron chi connectivity index (χ3n) is 2.00. The summed E-state index contributed by atoms with van der Waals surface area (Å²) in [6.07, 6.45) is 1.51. The molecule has 0 aromatic heterocycles. The van der Waals surface area contributed by atoms with Gasteiger partial charge in [-0.25, -0.2) is 0 Å². The molecule has 82 valence electrons. The molecule has 0 aromatic rings. The van der Waals surface area contributed by atoms with Crippen molar-refractivity contribution in [2.75, 3.05) is 19.7 Å². The minimum atomic E-state index is 0.318. The molecule has 1 rings (SSSR count). The van der Waals surface area contributed by atoms with E-state index >= 15 is 0 Å². The van der Waals surface area contributed by atoms with Gasteiger partial charge in [-0.1, -0.05) is 18.7 Å². The van der Waals surface area contributed by atoms with Gasteiger partial charge in [0.1, 0.15) is 0 Å². The van der Waals surface area contributed by atoms with Crippen LogP contribution in [0.25, 0.3) is 0 Å². The monoisotopic (exact) mass is 216 g/mol. The number of hydrogen-bond donors (Lipinski definition) is 1. The standard InChI is InChI=1S/C10H20N2OS/c1-4-9-7-12-10(14-9)11-5-6-13-8(2)3/h8-9H,4-7H2,1-3H3,(H,11,12). The average Bonchev–Trinajstić information content (AvgIpc) is 2.60. The predicted octanol–water partition coefficient (Wildman–Crippen LogP) is 1.88. The molecule has 1 aliphatic heterocycles. The summed E-state index contributed by atoms with van der Waals surface area (Å²) in [5.74, 6) is 0. The largest absolute Gasteiger partial charge is 0.377 e. The Morgan fingerprint density at radius 1 is 1.64 bits per heavy atom. The summed E-state index contributed by atoms with van der Waals surface area (Å²) >= 11 is 1.85. The second-order valence-electron chi connectivity index (χ2n) is 3.64. The Kier molecular flexibility index (Phi) is 5.33. The van der Waals surface area contributed by atoms with E-state index in [1.807, 2.05) is 11.8 Å². The molecule has 0 saturated heterocycles. The molecule has 4 heteroatoms. The second kappa shape index (κ2) is 6.30. The predicted molar refractivity (Wildman–Crippen MR) is 63.1 cm³/mol. The quantitative estimate of drug-likeness (QED) is 0.712. The lowest BCUT2D eigenvalue weighted by Crippen LogP contribution is -2.25. The lowest BCUT2D eigenvalue weighted by atomic mass is 10.3. The molecule has 1 N–H and O–H groups in total. The van der Waals surface area contributed by atoms with Gasteiger partial charge in [0.05, 0.1) is 19.3 Å². The van der Waals surface area contributed by atoms with E-state index in [-0.39, 0.29) is 0 Å². The SMILES string of the molecule is CCC1CN=C(NCCOC(C)C)S1. The van der Waals surface area contributed by atoms with E-state index in [9.17, 15) is 0 Å². The van der Waals surface area contributed by atoms with E-state index in [0.717, 1.165) is 24.9 Å². The second-order valence-corrected chi connectivity index (χ2v) is 4.93. The molecule has 14 heavy (non-hydrogen) atoms. The smallest absolute Gasteiger partial charge is 0.157 e. The Balaban J connectivity index is 2.03. The van der Waals surface area contributed by atoms with Gasteiger partial charge in [0.25, 0.3) is 0 Å². The first-order chi connectivity index (χ1) is 6.72. The first kappa shape index (κ1) is 11.9. The van der Waals surface area contributed by atoms with E-state index in [0.29, 0.717) is 11.4 Å². The number of nitrogens with zero attached hydrogens (tertiary/aromatic N) is 1. The summed E-state index contributed by atoms with van der Waals surface area (Å²) in [6.45, 7) is 8.89. The molecule has 0 radical (unpaired) electrons. The Hall–Kier alpha value is -0.220. The zero-order valence-corrected chi connectivity index (χ0v) is 10.1. The van der Waals surface area contributed by atoms with Crippen LogP contribution < -0.4 is 5.32 Å². The molecule has 1 atom stereocenters. The zero-order chi connectivity index (χ0) is 10.4. The number of rotatable bonds is 5. The van der Waals surface area contributed by atoms with Crippen LogP contribution in [0.4, 0.5) is 0 Å². The van der Waals surface area contributed by atoms with Gasteiger partial charge < -0.3 is 10.1 Å². The summed E-state index contributed by atoms with van der Waals surface area (Å²) in [5.41, 5.74) is 0. The maximum Gasteiger partial charge on any atom is 0.157 e. The highest BCUT2D eigenvalue weighted by molar-refractivity contribution is 8.14. The van der Waals surface area contributed by atoms with Crippen LogP contribution in [0.5, 0.6) is 0 Å². The lowest BCUT2D eigenvalue weighted by molar-refractivity contribution is 0.0831. The molecule has 1 unspecified atom stereocenters. The molecule has 0 aromatic carbocycles. The normalized spacial score (nSPS) is 21.4. The van der Waals surface area contributed by atoms with Crippen molar-refractivity contribution in [2.24, 2.45) is 4.99 Å². The van der Waals surface area contributed by atoms with Crippen LogP contribution in [0.3, 0.4) is 0 Å². The van der Waals surface area contributed by atoms with Crippen molar-refractivity contribution in [3.8, 4) is 0 Å². The topological polar surface area (TPSA) is 33.6 Å². The van der Waals surface area contributed by atoms with Crippen molar-refractivity contribution in [1.29, 1.82) is 0 Å². The van der Waals surface area contributed by atoms with E-state index in [2.05, 4.69) is 31.1 Å². The fourth-order valence-electron chi connectivity index (χ4n) is 1.18. The van der Waals surface area contributed by atoms with Crippen molar-refractivity contribution >= 4 is 16.9 Å². The summed E-state index contributed by atoms with van der Waals surface area (Å²) in [5, 5.41) is 5.06. The van der Waals surface area contributed by atoms with Gasteiger partial charge in [-0.05, 0) is 20.3 Å². The average molecular weight is 216 g/mol. The Labute approximate surface area is 90.7 Å². The maximum atomic E-state index is 5.43. The van der Waals surface area contributed by atoms with Gasteiger partial charge in [-0.2, -0.15) is 0 Å². The van der Waals surface area contributed by atoms with Crippen molar-refractivity contribution < 1.29 is 4.74 Å². The zero-order valence-electron chi connectivity index (χ0n) is 9.25. The molecule has 0 aliphatic carbocycles. The summed E-state index contributed by atoms with van der Waals surface area (Å²) in [4.78, 5) is 4.42. The molecule has 0 saturated carbocycles. The van der Waals surface area contributed by atoms with Crippen LogP contribution in [0.1, 0.15) is 27.2 Å². The van der Waals surface area contributed by atoms with E-state index < -0.39 is 0 Å². The van der Waals surface area contributed by atoms with Gasteiger partial charge in [0.2, 0.25) is 0 Å². The van der Waals surface area contributed by atoms with Crippen LogP contribution in [-0.4, -0.2) is 36.2 Å². The number of amidine groups is 1. The van der Waals surface area contributed by atoms with Gasteiger partial charge in [-0.3, -0.25) is 4.99 Å². The molecular weight excluding hydrogens is 196 g/mol. The lowest BCUT2D eigenvalue weighted by Gasteiger charge is -2.09. The van der Waals surface area contributed by atoms with Crippen LogP contribution in [-0.2, 0) is 4.74 Å². The third kappa shape index (κ3) is 4.33. The Morgan fingerprint density at radius 3 is 3.00 bits per heavy atom. The Bertz CT molecular complexity index is 195. The van der Waals surface area contributed by atoms with Crippen LogP contribution >= 0.6 is 11.8 Å². The van der Waals surface area contributed by atoms with Crippen molar-refractivity contribution in [3.63, 3.8) is 0 Å². The maximum absolute atomic E-state index is 5.43. The highest BCUT2D eigenvalue weighted by Gasteiger charge is 2.16. The van der Waals surface area contributed by atoms with Gasteiger partial charge in [0, 0.05) is 11.8 Å². The molecule has 0 bridgehead atoms. The highest BCUT2D eigenvalue weighted by Crippen LogP contribution is 2.21. The van der Waals surface area contributed by atoms with Crippen LogP contribution in [0.15, 0.2) is 4.99 Å². The fraction of sp³-hybridized carbons (Fsp3) is 0.900. The van der Waals surface area contributed by atoms with E-state index in [4.69, 9.17) is 4.74 Å². The molecule has 0 fully saturated rings. The number of ether oxygens (including phenoxy) is 1. The summed E-state index contributed by atoms with van der Waals surface area (Å²) in [7, 11) is 0. The van der Waals surface area contributed by atoms with Crippen LogP contribution in [0, 0.1) is 0 Å². The first-order valence-electron chi connectivity index (χ1n) is 5.29. The van der Waals surface area contributed by atoms with Gasteiger partial charge in [0.15, 0.2) is 5.17 Å². The number of hydrogen-bond acceptors (Lipinski definition) is 4. The minimum absolute atomic E-state index is 0.318. The van der Waals surface area contributed by atoms with Gasteiger partial charge >= 0.3 is 0 Å². The van der Waals surface area contributed by atoms with Crippen LogP contribution in [0.2, 0.25) is 0 Å². The number of nitrogens with one attached hydrogen (secondary N) is 1. The van der Waals surface area contributed by atoms with Gasteiger partial charge in [-0.15, -0.1) is 0 Å². The molecule has 0 amide bonds. The van der Waals surface area contributed by atoms with Crippen molar-refractivity contribution in [2.45, 2.75) is 38.5 Å². The molecule has 0 spiro atoms. The first-order valence-corrected chi connectivity index (χ1v) is 6.17. The molecular formula is C10H20N2OS. The van der Waals surface area contributed by atoms with Crippen molar-refractivity contribution in [3.05, 3.63) is 0 Å². The number of aliphatic imine (C=N–C) groups is 1. The number of thioether (sulfide) groups is 1. The molecule has 1 heterocycles. The van der Waals surface area contributed by atoms with Crippen molar-refractivity contribution in [1.82, 2.24) is 5.32 Å². The minimum Gasteiger partial charge on any atom is -0.377 e. The fourth-order valence-corrected chi connectivity index (χ4v) is 2.15.